The molecule has 1 atom stereocenters. The predicted molar refractivity (Wildman–Crippen MR) is 348 cm³/mol. The third-order valence-corrected chi connectivity index (χ3v) is 14.5. The molecule has 0 saturated heterocycles. The summed E-state index contributed by atoms with van der Waals surface area (Å²) >= 11 is 0. The average Bonchev–Trinajstić information content (AvgIpc) is 3.46. The molecule has 0 aromatic rings. The Morgan fingerprint density at radius 1 is 0.263 bits per heavy atom. The summed E-state index contributed by atoms with van der Waals surface area (Å²) in [5, 5.41) is 0. The Bertz CT molecular complexity index is 1610. The molecular weight excluding hydrogens is 985 g/mol. The fraction of sp³-hybridized carbons (Fsp3) is 0.716. The predicted octanol–water partition coefficient (Wildman–Crippen LogP) is 23.4. The number of ether oxygens (including phenoxy) is 3. The highest BCUT2D eigenvalue weighted by Gasteiger charge is 2.19. The van der Waals surface area contributed by atoms with Gasteiger partial charge in [-0.15, -0.1) is 0 Å². The molecule has 0 spiro atoms. The summed E-state index contributed by atoms with van der Waals surface area (Å²) in [4.78, 5) is 38.3. The van der Waals surface area contributed by atoms with Crippen LogP contribution in [-0.2, 0) is 28.6 Å². The minimum absolute atomic E-state index is 0.0800. The van der Waals surface area contributed by atoms with Crippen molar-refractivity contribution in [3.8, 4) is 0 Å². The van der Waals surface area contributed by atoms with Crippen LogP contribution < -0.4 is 0 Å². The Kier molecular flexibility index (Phi) is 64.3. The summed E-state index contributed by atoms with van der Waals surface area (Å²) < 4.78 is 16.9. The second kappa shape index (κ2) is 67.6. The van der Waals surface area contributed by atoms with Gasteiger partial charge in [-0.1, -0.05) is 304 Å². The number of carbonyl (C=O) groups excluding carboxylic acids is 3. The van der Waals surface area contributed by atoms with Gasteiger partial charge in [-0.3, -0.25) is 14.4 Å². The zero-order chi connectivity index (χ0) is 57.8. The van der Waals surface area contributed by atoms with Crippen molar-refractivity contribution in [2.75, 3.05) is 13.2 Å². The molecular formula is C74H126O6. The number of allylic oxidation sites excluding steroid dienone is 18. The van der Waals surface area contributed by atoms with E-state index in [-0.39, 0.29) is 31.1 Å². The highest BCUT2D eigenvalue weighted by Crippen LogP contribution is 2.17. The standard InChI is InChI=1S/C74H126O6/c1-4-7-10-13-16-19-22-25-27-28-29-30-31-32-33-34-35-36-37-38-39-40-41-42-43-44-45-46-48-49-52-55-58-61-64-67-73(76)79-70-71(69-78-72(75)66-63-60-57-54-51-24-21-18-15-12-9-6-3)80-74(77)68-65-62-59-56-53-50-47-26-23-20-17-14-11-8-5-2/h7,10,16-17,19-20,25-27,29-30,32-33,35-36,38-39,47,71H,4-6,8-9,11-15,18,21-24,28,31,34,37,40-46,48-70H2,1-3H3/b10-7-,19-16-,20-17-,27-25-,30-29-,33-32-,36-35-,39-38-,47-26-. The fourth-order valence-corrected chi connectivity index (χ4v) is 9.45. The molecule has 0 amide bonds. The first-order valence-corrected chi connectivity index (χ1v) is 33.9. The zero-order valence-electron chi connectivity index (χ0n) is 52.6. The van der Waals surface area contributed by atoms with Gasteiger partial charge in [0.1, 0.15) is 13.2 Å². The third-order valence-electron chi connectivity index (χ3n) is 14.5. The number of rotatable bonds is 61. The van der Waals surface area contributed by atoms with Crippen LogP contribution in [0.3, 0.4) is 0 Å². The first-order valence-electron chi connectivity index (χ1n) is 33.9. The molecule has 0 heterocycles. The van der Waals surface area contributed by atoms with E-state index in [2.05, 4.69) is 130 Å². The fourth-order valence-electron chi connectivity index (χ4n) is 9.45. The highest BCUT2D eigenvalue weighted by atomic mass is 16.6. The van der Waals surface area contributed by atoms with Crippen LogP contribution in [0.25, 0.3) is 0 Å². The van der Waals surface area contributed by atoms with Gasteiger partial charge in [0.2, 0.25) is 0 Å². The van der Waals surface area contributed by atoms with Crippen molar-refractivity contribution in [1.82, 2.24) is 0 Å². The van der Waals surface area contributed by atoms with E-state index in [9.17, 15) is 14.4 Å². The lowest BCUT2D eigenvalue weighted by Gasteiger charge is -2.18. The Morgan fingerprint density at radius 2 is 0.487 bits per heavy atom. The van der Waals surface area contributed by atoms with Gasteiger partial charge < -0.3 is 14.2 Å². The topological polar surface area (TPSA) is 78.9 Å². The number of hydrogen-bond acceptors (Lipinski definition) is 6. The molecule has 0 fully saturated rings. The van der Waals surface area contributed by atoms with Crippen LogP contribution in [0.4, 0.5) is 0 Å². The summed E-state index contributed by atoms with van der Waals surface area (Å²) in [6, 6.07) is 0. The minimum atomic E-state index is -0.784. The minimum Gasteiger partial charge on any atom is -0.462 e. The van der Waals surface area contributed by atoms with Gasteiger partial charge >= 0.3 is 17.9 Å². The average molecular weight is 1110 g/mol. The molecule has 1 unspecified atom stereocenters. The third kappa shape index (κ3) is 64.9. The second-order valence-corrected chi connectivity index (χ2v) is 22.4. The molecule has 80 heavy (non-hydrogen) atoms. The Balaban J connectivity index is 4.16. The molecule has 0 aromatic carbocycles. The first kappa shape index (κ1) is 76.1. The van der Waals surface area contributed by atoms with Crippen molar-refractivity contribution < 1.29 is 28.6 Å². The van der Waals surface area contributed by atoms with Crippen molar-refractivity contribution in [3.05, 3.63) is 109 Å². The van der Waals surface area contributed by atoms with Crippen LogP contribution in [0.1, 0.15) is 323 Å². The van der Waals surface area contributed by atoms with Crippen LogP contribution >= 0.6 is 0 Å². The van der Waals surface area contributed by atoms with Gasteiger partial charge in [0.05, 0.1) is 0 Å². The van der Waals surface area contributed by atoms with Crippen LogP contribution in [0.15, 0.2) is 109 Å². The van der Waals surface area contributed by atoms with E-state index in [1.54, 1.807) is 0 Å². The van der Waals surface area contributed by atoms with Crippen molar-refractivity contribution in [2.45, 2.75) is 329 Å². The smallest absolute Gasteiger partial charge is 0.306 e. The van der Waals surface area contributed by atoms with Crippen LogP contribution in [-0.4, -0.2) is 37.2 Å². The maximum Gasteiger partial charge on any atom is 0.306 e. The molecule has 0 aliphatic rings. The van der Waals surface area contributed by atoms with Gasteiger partial charge in [0, 0.05) is 19.3 Å². The van der Waals surface area contributed by atoms with Crippen molar-refractivity contribution in [2.24, 2.45) is 0 Å². The normalized spacial score (nSPS) is 12.8. The van der Waals surface area contributed by atoms with Crippen molar-refractivity contribution >= 4 is 17.9 Å². The van der Waals surface area contributed by atoms with Gasteiger partial charge in [0.15, 0.2) is 6.10 Å². The monoisotopic (exact) mass is 1110 g/mol. The molecule has 0 aliphatic heterocycles. The maximum absolute atomic E-state index is 12.9. The molecule has 0 N–H and O–H groups in total. The van der Waals surface area contributed by atoms with E-state index < -0.39 is 6.10 Å². The quantitative estimate of drug-likeness (QED) is 0.0261. The highest BCUT2D eigenvalue weighted by molar-refractivity contribution is 5.71. The molecule has 0 saturated carbocycles. The van der Waals surface area contributed by atoms with Crippen molar-refractivity contribution in [3.63, 3.8) is 0 Å². The van der Waals surface area contributed by atoms with Gasteiger partial charge in [0.25, 0.3) is 0 Å². The van der Waals surface area contributed by atoms with Gasteiger partial charge in [-0.05, 0) is 109 Å². The molecule has 0 rings (SSSR count). The molecule has 0 aromatic heterocycles. The van der Waals surface area contributed by atoms with Crippen molar-refractivity contribution in [1.29, 1.82) is 0 Å². The number of hydrogen-bond donors (Lipinski definition) is 0. The summed E-state index contributed by atoms with van der Waals surface area (Å²) in [5.41, 5.74) is 0. The lowest BCUT2D eigenvalue weighted by Crippen LogP contribution is -2.30. The number of unbranched alkanes of at least 4 members (excludes halogenated alkanes) is 32. The lowest BCUT2D eigenvalue weighted by molar-refractivity contribution is -0.167. The van der Waals surface area contributed by atoms with Gasteiger partial charge in [-0.2, -0.15) is 0 Å². The van der Waals surface area contributed by atoms with E-state index in [4.69, 9.17) is 14.2 Å². The molecule has 0 bridgehead atoms. The van der Waals surface area contributed by atoms with E-state index in [0.29, 0.717) is 19.3 Å². The summed E-state index contributed by atoms with van der Waals surface area (Å²) in [7, 11) is 0. The summed E-state index contributed by atoms with van der Waals surface area (Å²) in [5.74, 6) is -0.885. The molecule has 458 valence electrons. The Morgan fingerprint density at radius 3 is 0.787 bits per heavy atom. The molecule has 0 radical (unpaired) electrons. The second-order valence-electron chi connectivity index (χ2n) is 22.4. The van der Waals surface area contributed by atoms with Gasteiger partial charge in [-0.25, -0.2) is 0 Å². The SMILES string of the molecule is CC/C=C\C/C=C\C/C=C\C/C=C\C/C=C\C/C=C\C/C=C\CCCCCCCCCCCCCCCC(=O)OCC(COC(=O)CCCCCCCCCCCCCC)OC(=O)CCCCCCC/C=C\C/C=C\CCCCC. The van der Waals surface area contributed by atoms with E-state index in [1.165, 1.54) is 154 Å². The van der Waals surface area contributed by atoms with E-state index in [1.807, 2.05) is 0 Å². The summed E-state index contributed by atoms with van der Waals surface area (Å²) in [6.45, 7) is 6.51. The van der Waals surface area contributed by atoms with E-state index in [0.717, 1.165) is 128 Å². The summed E-state index contributed by atoms with van der Waals surface area (Å²) in [6.07, 6.45) is 92.5. The largest absolute Gasteiger partial charge is 0.462 e. The van der Waals surface area contributed by atoms with Crippen LogP contribution in [0.2, 0.25) is 0 Å². The Labute approximate surface area is 495 Å². The molecule has 6 heteroatoms. The molecule has 6 nitrogen and oxygen atoms in total. The Hall–Kier alpha value is -3.93. The lowest BCUT2D eigenvalue weighted by atomic mass is 10.0. The van der Waals surface area contributed by atoms with Crippen LogP contribution in [0.5, 0.6) is 0 Å². The first-order chi connectivity index (χ1) is 39.5. The van der Waals surface area contributed by atoms with E-state index >= 15 is 0 Å². The maximum atomic E-state index is 12.9. The zero-order valence-corrected chi connectivity index (χ0v) is 52.6. The molecule has 0 aliphatic carbocycles. The van der Waals surface area contributed by atoms with Crippen LogP contribution in [0, 0.1) is 0 Å². The number of esters is 3. The number of carbonyl (C=O) groups is 3.